The van der Waals surface area contributed by atoms with Crippen molar-refractivity contribution in [2.45, 2.75) is 59.0 Å². The number of hydrogen-bond donors (Lipinski definition) is 1. The van der Waals surface area contributed by atoms with Crippen molar-refractivity contribution in [1.82, 2.24) is 20.0 Å². The minimum atomic E-state index is -0.763. The van der Waals surface area contributed by atoms with Crippen LogP contribution in [0.15, 0.2) is 12.1 Å². The van der Waals surface area contributed by atoms with E-state index in [1.54, 1.807) is 17.8 Å². The molecule has 2 aromatic heterocycles. The van der Waals surface area contributed by atoms with E-state index < -0.39 is 5.97 Å². The quantitative estimate of drug-likeness (QED) is 0.636. The maximum atomic E-state index is 12.2. The minimum Gasteiger partial charge on any atom is -0.489 e. The van der Waals surface area contributed by atoms with Gasteiger partial charge < -0.3 is 14.6 Å². The molecule has 0 amide bonds. The van der Waals surface area contributed by atoms with Gasteiger partial charge in [0, 0.05) is 7.05 Å². The van der Waals surface area contributed by atoms with Crippen LogP contribution in [0.25, 0.3) is 11.4 Å². The number of ether oxygens (including phenoxy) is 2. The third-order valence-corrected chi connectivity index (χ3v) is 5.38. The summed E-state index contributed by atoms with van der Waals surface area (Å²) in [6.07, 6.45) is 2.79. The van der Waals surface area contributed by atoms with E-state index in [4.69, 9.17) is 9.47 Å². The monoisotopic (exact) mass is 430 g/mol. The van der Waals surface area contributed by atoms with E-state index in [0.29, 0.717) is 48.0 Å². The Labute approximate surface area is 181 Å². The standard InChI is InChI=1S/C22H30N4O5/c1-13(2)12-30-20(27)11-18-21(24-25-26(18)4)17-8-9-19(14(3)23-17)31-16-7-5-6-15(10-16)22(28)29/h8-9,13,15-16H,5-7,10-12H2,1-4H3,(H,28,29)/t15-,16-/m0/s1. The van der Waals surface area contributed by atoms with Crippen LogP contribution >= 0.6 is 0 Å². The maximum absolute atomic E-state index is 12.2. The van der Waals surface area contributed by atoms with Gasteiger partial charge in [-0.3, -0.25) is 14.3 Å². The van der Waals surface area contributed by atoms with Crippen molar-refractivity contribution in [3.05, 3.63) is 23.5 Å². The van der Waals surface area contributed by atoms with Crippen LogP contribution in [0.1, 0.15) is 50.9 Å². The third kappa shape index (κ3) is 5.80. The molecule has 2 aromatic rings. The molecule has 0 bridgehead atoms. The van der Waals surface area contributed by atoms with Gasteiger partial charge in [-0.25, -0.2) is 4.98 Å². The lowest BCUT2D eigenvalue weighted by Gasteiger charge is -2.27. The molecule has 9 heteroatoms. The van der Waals surface area contributed by atoms with Crippen molar-refractivity contribution >= 4 is 11.9 Å². The molecule has 1 fully saturated rings. The van der Waals surface area contributed by atoms with Crippen molar-refractivity contribution in [2.24, 2.45) is 18.9 Å². The number of nitrogens with zero attached hydrogens (tertiary/aromatic N) is 4. The Morgan fingerprint density at radius 2 is 2.06 bits per heavy atom. The van der Waals surface area contributed by atoms with Gasteiger partial charge in [0.2, 0.25) is 0 Å². The maximum Gasteiger partial charge on any atom is 0.311 e. The fourth-order valence-electron chi connectivity index (χ4n) is 3.68. The first-order valence-electron chi connectivity index (χ1n) is 10.7. The van der Waals surface area contributed by atoms with Gasteiger partial charge in [-0.15, -0.1) is 5.10 Å². The Morgan fingerprint density at radius 1 is 1.29 bits per heavy atom. The van der Waals surface area contributed by atoms with Crippen LogP contribution < -0.4 is 4.74 Å². The molecule has 1 N–H and O–H groups in total. The number of esters is 1. The first-order chi connectivity index (χ1) is 14.7. The van der Waals surface area contributed by atoms with Crippen LogP contribution in [-0.2, 0) is 27.8 Å². The lowest BCUT2D eigenvalue weighted by Crippen LogP contribution is -2.29. The molecule has 2 heterocycles. The minimum absolute atomic E-state index is 0.0587. The van der Waals surface area contributed by atoms with E-state index in [0.717, 1.165) is 12.8 Å². The highest BCUT2D eigenvalue weighted by Crippen LogP contribution is 2.30. The molecule has 2 atom stereocenters. The van der Waals surface area contributed by atoms with E-state index in [2.05, 4.69) is 15.3 Å². The summed E-state index contributed by atoms with van der Waals surface area (Å²) >= 11 is 0. The summed E-state index contributed by atoms with van der Waals surface area (Å²) in [6, 6.07) is 3.60. The van der Waals surface area contributed by atoms with Crippen molar-refractivity contribution in [3.8, 4) is 17.1 Å². The Hall–Kier alpha value is -2.97. The van der Waals surface area contributed by atoms with Gasteiger partial charge >= 0.3 is 11.9 Å². The lowest BCUT2D eigenvalue weighted by molar-refractivity contribution is -0.144. The van der Waals surface area contributed by atoms with Gasteiger partial charge in [-0.2, -0.15) is 0 Å². The molecule has 0 saturated heterocycles. The normalized spacial score (nSPS) is 18.7. The van der Waals surface area contributed by atoms with E-state index in [9.17, 15) is 14.7 Å². The second-order valence-electron chi connectivity index (χ2n) is 8.48. The summed E-state index contributed by atoms with van der Waals surface area (Å²) in [5.74, 6) is -0.562. The van der Waals surface area contributed by atoms with Crippen molar-refractivity contribution in [3.63, 3.8) is 0 Å². The second-order valence-corrected chi connectivity index (χ2v) is 8.48. The fourth-order valence-corrected chi connectivity index (χ4v) is 3.68. The predicted molar refractivity (Wildman–Crippen MR) is 112 cm³/mol. The highest BCUT2D eigenvalue weighted by atomic mass is 16.5. The van der Waals surface area contributed by atoms with Crippen LogP contribution in [0, 0.1) is 18.8 Å². The zero-order chi connectivity index (χ0) is 22.5. The highest BCUT2D eigenvalue weighted by Gasteiger charge is 2.28. The molecule has 168 valence electrons. The molecule has 1 saturated carbocycles. The number of aromatic nitrogens is 4. The highest BCUT2D eigenvalue weighted by molar-refractivity contribution is 5.75. The molecule has 3 rings (SSSR count). The summed E-state index contributed by atoms with van der Waals surface area (Å²) in [6.45, 7) is 6.17. The Kier molecular flexibility index (Phi) is 7.25. The summed E-state index contributed by atoms with van der Waals surface area (Å²) in [4.78, 5) is 28.1. The molecule has 0 spiro atoms. The molecule has 0 radical (unpaired) electrons. The average molecular weight is 431 g/mol. The summed E-state index contributed by atoms with van der Waals surface area (Å²) in [5, 5.41) is 17.5. The van der Waals surface area contributed by atoms with E-state index in [1.807, 2.05) is 26.8 Å². The molecular formula is C22H30N4O5. The summed E-state index contributed by atoms with van der Waals surface area (Å²) in [5.41, 5.74) is 2.43. The largest absolute Gasteiger partial charge is 0.489 e. The number of aryl methyl sites for hydroxylation is 2. The van der Waals surface area contributed by atoms with Gasteiger partial charge in [0.1, 0.15) is 11.4 Å². The van der Waals surface area contributed by atoms with Gasteiger partial charge in [0.15, 0.2) is 0 Å². The summed E-state index contributed by atoms with van der Waals surface area (Å²) in [7, 11) is 1.73. The van der Waals surface area contributed by atoms with Crippen LogP contribution in [0.2, 0.25) is 0 Å². The third-order valence-electron chi connectivity index (χ3n) is 5.38. The van der Waals surface area contributed by atoms with Crippen molar-refractivity contribution in [2.75, 3.05) is 6.61 Å². The molecule has 0 unspecified atom stereocenters. The van der Waals surface area contributed by atoms with Gasteiger partial charge in [0.05, 0.1) is 42.1 Å². The first-order valence-corrected chi connectivity index (χ1v) is 10.7. The molecular weight excluding hydrogens is 400 g/mol. The van der Waals surface area contributed by atoms with Crippen LogP contribution in [-0.4, -0.2) is 49.7 Å². The molecule has 9 nitrogen and oxygen atoms in total. The van der Waals surface area contributed by atoms with Gasteiger partial charge in [0.25, 0.3) is 0 Å². The fraction of sp³-hybridized carbons (Fsp3) is 0.591. The number of pyridine rings is 1. The van der Waals surface area contributed by atoms with Crippen LogP contribution in [0.5, 0.6) is 5.75 Å². The van der Waals surface area contributed by atoms with Crippen molar-refractivity contribution < 1.29 is 24.2 Å². The second kappa shape index (κ2) is 9.89. The number of carboxylic acids is 1. The summed E-state index contributed by atoms with van der Waals surface area (Å²) < 4.78 is 12.9. The van der Waals surface area contributed by atoms with Gasteiger partial charge in [-0.05, 0) is 50.7 Å². The molecule has 1 aliphatic carbocycles. The van der Waals surface area contributed by atoms with E-state index in [1.165, 1.54) is 0 Å². The predicted octanol–water partition coefficient (Wildman–Crippen LogP) is 2.95. The average Bonchev–Trinajstić information content (AvgIpc) is 3.08. The van der Waals surface area contributed by atoms with Crippen LogP contribution in [0.4, 0.5) is 0 Å². The zero-order valence-electron chi connectivity index (χ0n) is 18.5. The number of carbonyl (C=O) groups excluding carboxylic acids is 1. The Bertz CT molecular complexity index is 940. The topological polar surface area (TPSA) is 116 Å². The number of aliphatic carboxylic acids is 1. The number of hydrogen-bond acceptors (Lipinski definition) is 7. The first kappa shape index (κ1) is 22.7. The Balaban J connectivity index is 1.73. The Morgan fingerprint density at radius 3 is 2.74 bits per heavy atom. The number of carbonyl (C=O) groups is 2. The number of rotatable bonds is 8. The van der Waals surface area contributed by atoms with E-state index in [-0.39, 0.29) is 30.3 Å². The molecule has 31 heavy (non-hydrogen) atoms. The molecule has 0 aliphatic heterocycles. The zero-order valence-corrected chi connectivity index (χ0v) is 18.5. The SMILES string of the molecule is Cc1nc(-c2nnn(C)c2CC(=O)OCC(C)C)ccc1O[C@H]1CCC[C@H](C(=O)O)C1. The van der Waals surface area contributed by atoms with Crippen LogP contribution in [0.3, 0.4) is 0 Å². The smallest absolute Gasteiger partial charge is 0.311 e. The lowest BCUT2D eigenvalue weighted by atomic mass is 9.87. The number of carboxylic acid groups (broad SMARTS) is 1. The molecule has 0 aromatic carbocycles. The molecule has 1 aliphatic rings. The van der Waals surface area contributed by atoms with Gasteiger partial charge in [-0.1, -0.05) is 19.1 Å². The van der Waals surface area contributed by atoms with E-state index >= 15 is 0 Å². The van der Waals surface area contributed by atoms with Crippen molar-refractivity contribution in [1.29, 1.82) is 0 Å².